The number of aliphatic carboxylic acids is 2. The molecule has 0 amide bonds. The third-order valence-electron chi connectivity index (χ3n) is 5.01. The van der Waals surface area contributed by atoms with Crippen molar-refractivity contribution >= 4 is 35.0 Å². The summed E-state index contributed by atoms with van der Waals surface area (Å²) in [5.74, 6) is -2.65. The minimum Gasteiger partial charge on any atom is -0.478 e. The fourth-order valence-electron chi connectivity index (χ4n) is 3.45. The van der Waals surface area contributed by atoms with E-state index in [0.717, 1.165) is 37.5 Å². The number of likely N-dealkylation sites (N-methyl/N-ethyl adjacent to an activating group) is 1. The molecule has 1 unspecified atom stereocenters. The monoisotopic (exact) mass is 450 g/mol. The van der Waals surface area contributed by atoms with Crippen LogP contribution in [0.2, 0.25) is 0 Å². The highest BCUT2D eigenvalue weighted by Gasteiger charge is 2.30. The molecular formula is C21H23FN2O4S2. The summed E-state index contributed by atoms with van der Waals surface area (Å²) in [6.07, 6.45) is 2.10. The van der Waals surface area contributed by atoms with E-state index in [-0.39, 0.29) is 5.82 Å². The summed E-state index contributed by atoms with van der Waals surface area (Å²) in [6.45, 7) is 4.47. The molecule has 3 heterocycles. The van der Waals surface area contributed by atoms with Crippen molar-refractivity contribution in [2.45, 2.75) is 21.6 Å². The predicted octanol–water partition coefficient (Wildman–Crippen LogP) is 3.59. The van der Waals surface area contributed by atoms with Crippen LogP contribution in [0.4, 0.5) is 4.39 Å². The van der Waals surface area contributed by atoms with Crippen LogP contribution in [0.1, 0.15) is 17.2 Å². The van der Waals surface area contributed by atoms with Gasteiger partial charge in [0.15, 0.2) is 0 Å². The van der Waals surface area contributed by atoms with E-state index in [4.69, 9.17) is 10.2 Å². The number of halogens is 1. The number of rotatable bonds is 3. The van der Waals surface area contributed by atoms with Crippen LogP contribution in [-0.2, 0) is 16.0 Å². The first-order valence-electron chi connectivity index (χ1n) is 9.43. The Balaban J connectivity index is 0.000000275. The summed E-state index contributed by atoms with van der Waals surface area (Å²) in [4.78, 5) is 25.2. The molecule has 1 atom stereocenters. The first-order chi connectivity index (χ1) is 14.3. The molecule has 160 valence electrons. The lowest BCUT2D eigenvalue weighted by Crippen LogP contribution is -2.46. The van der Waals surface area contributed by atoms with Crippen LogP contribution < -0.4 is 0 Å². The summed E-state index contributed by atoms with van der Waals surface area (Å²) in [5.41, 5.74) is 2.70. The van der Waals surface area contributed by atoms with Crippen molar-refractivity contribution in [1.82, 2.24) is 9.80 Å². The van der Waals surface area contributed by atoms with E-state index in [1.165, 1.54) is 15.3 Å². The summed E-state index contributed by atoms with van der Waals surface area (Å²) in [6, 6.07) is 7.94. The number of carboxylic acid groups (broad SMARTS) is 2. The van der Waals surface area contributed by atoms with Crippen molar-refractivity contribution in [3.05, 3.63) is 58.7 Å². The van der Waals surface area contributed by atoms with Gasteiger partial charge in [-0.1, -0.05) is 17.8 Å². The van der Waals surface area contributed by atoms with Crippen molar-refractivity contribution < 1.29 is 24.2 Å². The van der Waals surface area contributed by atoms with E-state index < -0.39 is 11.9 Å². The highest BCUT2D eigenvalue weighted by molar-refractivity contribution is 8.01. The number of carboxylic acids is 2. The molecular weight excluding hydrogens is 427 g/mol. The quantitative estimate of drug-likeness (QED) is 0.692. The smallest absolute Gasteiger partial charge is 0.328 e. The van der Waals surface area contributed by atoms with Gasteiger partial charge in [0.1, 0.15) is 5.82 Å². The van der Waals surface area contributed by atoms with Gasteiger partial charge in [-0.25, -0.2) is 14.0 Å². The van der Waals surface area contributed by atoms with Gasteiger partial charge in [-0.2, -0.15) is 0 Å². The van der Waals surface area contributed by atoms with Crippen molar-refractivity contribution in [2.75, 3.05) is 33.2 Å². The van der Waals surface area contributed by atoms with Gasteiger partial charge >= 0.3 is 11.9 Å². The number of hydrogen-bond acceptors (Lipinski definition) is 6. The minimum absolute atomic E-state index is 0.137. The van der Waals surface area contributed by atoms with Crippen molar-refractivity contribution in [2.24, 2.45) is 0 Å². The molecule has 2 aliphatic rings. The van der Waals surface area contributed by atoms with Crippen molar-refractivity contribution in [1.29, 1.82) is 0 Å². The average molecular weight is 451 g/mol. The van der Waals surface area contributed by atoms with Gasteiger partial charge in [0.2, 0.25) is 0 Å². The van der Waals surface area contributed by atoms with Crippen LogP contribution in [0.25, 0.3) is 0 Å². The van der Waals surface area contributed by atoms with E-state index in [0.29, 0.717) is 18.2 Å². The Kier molecular flexibility index (Phi) is 7.65. The van der Waals surface area contributed by atoms with Crippen LogP contribution in [0.3, 0.4) is 0 Å². The third kappa shape index (κ3) is 5.91. The van der Waals surface area contributed by atoms with Gasteiger partial charge < -0.3 is 15.1 Å². The molecule has 4 rings (SSSR count). The van der Waals surface area contributed by atoms with E-state index in [2.05, 4.69) is 28.3 Å². The lowest BCUT2D eigenvalue weighted by molar-refractivity contribution is -0.134. The average Bonchev–Trinajstić information content (AvgIpc) is 3.09. The summed E-state index contributed by atoms with van der Waals surface area (Å²) in [5, 5.41) is 17.8. The fraction of sp³-hybridized carbons (Fsp3) is 0.333. The Morgan fingerprint density at radius 1 is 1.10 bits per heavy atom. The number of carbonyl (C=O) groups is 2. The Morgan fingerprint density at radius 2 is 1.77 bits per heavy atom. The molecule has 0 bridgehead atoms. The zero-order chi connectivity index (χ0) is 21.7. The number of nitrogens with zero attached hydrogens (tertiary/aromatic N) is 2. The van der Waals surface area contributed by atoms with Gasteiger partial charge in [0.05, 0.1) is 4.21 Å². The minimum atomic E-state index is -1.26. The largest absolute Gasteiger partial charge is 0.478 e. The first kappa shape index (κ1) is 22.5. The second kappa shape index (κ2) is 10.2. The molecule has 2 N–H and O–H groups in total. The number of thiophene rings is 1. The second-order valence-corrected chi connectivity index (χ2v) is 9.31. The Morgan fingerprint density at radius 3 is 2.40 bits per heavy atom. The standard InChI is InChI=1S/C17H19FN2S2.C4H4O4/c1-19-5-7-20(8-6-19)15-10-12-2-3-13(18)11-16(12)22-17-14(15)4-9-21-17;5-3(6)1-2-4(7)8/h2-4,9,11,15H,5-8,10H2,1H3;1-2H,(H,5,6)(H,7,8)/b;2-1-. The van der Waals surface area contributed by atoms with E-state index in [1.807, 2.05) is 6.07 Å². The Bertz CT molecular complexity index is 923. The van der Waals surface area contributed by atoms with Gasteiger partial charge in [0.25, 0.3) is 0 Å². The Labute approximate surface area is 182 Å². The normalized spacial score (nSPS) is 19.3. The molecule has 0 radical (unpaired) electrons. The molecule has 6 nitrogen and oxygen atoms in total. The van der Waals surface area contributed by atoms with Crippen LogP contribution in [0, 0.1) is 5.82 Å². The molecule has 1 saturated heterocycles. The molecule has 0 spiro atoms. The number of benzene rings is 1. The SMILES string of the molecule is CN1CCN(C2Cc3ccc(F)cc3Sc3sccc32)CC1.O=C(O)/C=C\C(=O)O. The number of hydrogen-bond donors (Lipinski definition) is 2. The Hall–Kier alpha value is -2.20. The molecule has 1 fully saturated rings. The maximum atomic E-state index is 13.6. The van der Waals surface area contributed by atoms with Gasteiger partial charge in [0, 0.05) is 49.3 Å². The molecule has 1 aromatic carbocycles. The lowest BCUT2D eigenvalue weighted by Gasteiger charge is -2.38. The third-order valence-corrected chi connectivity index (χ3v) is 7.29. The lowest BCUT2D eigenvalue weighted by atomic mass is 9.99. The van der Waals surface area contributed by atoms with Crippen LogP contribution in [0.15, 0.2) is 50.9 Å². The van der Waals surface area contributed by atoms with Crippen LogP contribution in [-0.4, -0.2) is 65.2 Å². The highest BCUT2D eigenvalue weighted by Crippen LogP contribution is 2.45. The summed E-state index contributed by atoms with van der Waals surface area (Å²) >= 11 is 3.51. The maximum absolute atomic E-state index is 13.6. The van der Waals surface area contributed by atoms with Gasteiger partial charge in [-0.05, 0) is 48.2 Å². The molecule has 9 heteroatoms. The highest BCUT2D eigenvalue weighted by atomic mass is 32.2. The van der Waals surface area contributed by atoms with Crippen LogP contribution in [0.5, 0.6) is 0 Å². The van der Waals surface area contributed by atoms with Crippen LogP contribution >= 0.6 is 23.1 Å². The molecule has 0 aliphatic carbocycles. The topological polar surface area (TPSA) is 81.1 Å². The summed E-state index contributed by atoms with van der Waals surface area (Å²) < 4.78 is 14.9. The predicted molar refractivity (Wildman–Crippen MR) is 115 cm³/mol. The molecule has 2 aliphatic heterocycles. The first-order valence-corrected chi connectivity index (χ1v) is 11.1. The molecule has 0 saturated carbocycles. The zero-order valence-corrected chi connectivity index (χ0v) is 18.1. The van der Waals surface area contributed by atoms with E-state index >= 15 is 0 Å². The fourth-order valence-corrected chi connectivity index (χ4v) is 5.73. The maximum Gasteiger partial charge on any atom is 0.328 e. The van der Waals surface area contributed by atoms with Crippen molar-refractivity contribution in [3.63, 3.8) is 0 Å². The van der Waals surface area contributed by atoms with Gasteiger partial charge in [-0.3, -0.25) is 4.90 Å². The summed E-state index contributed by atoms with van der Waals surface area (Å²) in [7, 11) is 2.19. The van der Waals surface area contributed by atoms with Crippen molar-refractivity contribution in [3.8, 4) is 0 Å². The molecule has 2 aromatic rings. The van der Waals surface area contributed by atoms with E-state index in [9.17, 15) is 14.0 Å². The second-order valence-electron chi connectivity index (χ2n) is 7.09. The molecule has 30 heavy (non-hydrogen) atoms. The van der Waals surface area contributed by atoms with Gasteiger partial charge in [-0.15, -0.1) is 11.3 Å². The number of fused-ring (bicyclic) bond motifs is 2. The zero-order valence-electron chi connectivity index (χ0n) is 16.5. The molecule has 1 aromatic heterocycles. The van der Waals surface area contributed by atoms with E-state index in [1.54, 1.807) is 35.2 Å². The number of piperazine rings is 1.